The van der Waals surface area contributed by atoms with Gasteiger partial charge in [-0.15, -0.1) is 0 Å². The minimum Gasteiger partial charge on any atom is -0.445 e. The SMILES string of the molecule is CCc1nc2c(C)cc(-c3ncco3)cc2[nH]1. The van der Waals surface area contributed by atoms with Crippen LogP contribution in [0.1, 0.15) is 18.3 Å². The van der Waals surface area contributed by atoms with E-state index in [0.29, 0.717) is 5.89 Å². The van der Waals surface area contributed by atoms with Crippen LogP contribution < -0.4 is 0 Å². The molecule has 0 saturated carbocycles. The average molecular weight is 227 g/mol. The lowest BCUT2D eigenvalue weighted by atomic mass is 10.1. The highest BCUT2D eigenvalue weighted by molar-refractivity contribution is 5.83. The number of hydrogen-bond donors (Lipinski definition) is 1. The Morgan fingerprint density at radius 3 is 2.94 bits per heavy atom. The second-order valence-electron chi connectivity index (χ2n) is 4.06. The van der Waals surface area contributed by atoms with Crippen LogP contribution in [0.3, 0.4) is 0 Å². The van der Waals surface area contributed by atoms with E-state index < -0.39 is 0 Å². The zero-order valence-electron chi connectivity index (χ0n) is 9.82. The van der Waals surface area contributed by atoms with Crippen molar-refractivity contribution in [1.29, 1.82) is 0 Å². The molecule has 1 N–H and O–H groups in total. The third kappa shape index (κ3) is 1.62. The Morgan fingerprint density at radius 2 is 2.24 bits per heavy atom. The molecule has 0 amide bonds. The van der Waals surface area contributed by atoms with E-state index in [2.05, 4.69) is 34.9 Å². The number of oxazole rings is 1. The number of aromatic amines is 1. The molecule has 2 heterocycles. The van der Waals surface area contributed by atoms with Crippen molar-refractivity contribution in [3.63, 3.8) is 0 Å². The van der Waals surface area contributed by atoms with E-state index in [9.17, 15) is 0 Å². The van der Waals surface area contributed by atoms with Crippen molar-refractivity contribution in [1.82, 2.24) is 15.0 Å². The van der Waals surface area contributed by atoms with Gasteiger partial charge in [0.1, 0.15) is 12.1 Å². The molecule has 1 aromatic carbocycles. The van der Waals surface area contributed by atoms with Gasteiger partial charge in [-0.1, -0.05) is 6.92 Å². The second-order valence-corrected chi connectivity index (χ2v) is 4.06. The summed E-state index contributed by atoms with van der Waals surface area (Å²) in [5.74, 6) is 1.65. The Kier molecular flexibility index (Phi) is 2.21. The molecule has 0 aliphatic rings. The van der Waals surface area contributed by atoms with Gasteiger partial charge < -0.3 is 9.40 Å². The molecule has 86 valence electrons. The maximum atomic E-state index is 5.31. The van der Waals surface area contributed by atoms with Crippen molar-refractivity contribution >= 4 is 11.0 Å². The summed E-state index contributed by atoms with van der Waals surface area (Å²) in [4.78, 5) is 12.0. The highest BCUT2D eigenvalue weighted by atomic mass is 16.3. The van der Waals surface area contributed by atoms with Gasteiger partial charge in [-0.3, -0.25) is 0 Å². The Balaban J connectivity index is 2.23. The summed E-state index contributed by atoms with van der Waals surface area (Å²) in [6.45, 7) is 4.14. The maximum absolute atomic E-state index is 5.31. The van der Waals surface area contributed by atoms with Crippen LogP contribution in [0, 0.1) is 6.92 Å². The summed E-state index contributed by atoms with van der Waals surface area (Å²) >= 11 is 0. The number of imidazole rings is 1. The van der Waals surface area contributed by atoms with Crippen LogP contribution in [-0.2, 0) is 6.42 Å². The van der Waals surface area contributed by atoms with Gasteiger partial charge >= 0.3 is 0 Å². The lowest BCUT2D eigenvalue weighted by molar-refractivity contribution is 0.574. The van der Waals surface area contributed by atoms with E-state index in [1.165, 1.54) is 0 Å². The summed E-state index contributed by atoms with van der Waals surface area (Å²) in [6.07, 6.45) is 4.14. The average Bonchev–Trinajstić information content (AvgIpc) is 2.97. The first-order chi connectivity index (χ1) is 8.28. The van der Waals surface area contributed by atoms with E-state index in [-0.39, 0.29) is 0 Å². The Labute approximate surface area is 98.7 Å². The van der Waals surface area contributed by atoms with E-state index in [4.69, 9.17) is 4.42 Å². The Hall–Kier alpha value is -2.10. The number of hydrogen-bond acceptors (Lipinski definition) is 3. The molecule has 4 nitrogen and oxygen atoms in total. The molecular weight excluding hydrogens is 214 g/mol. The van der Waals surface area contributed by atoms with Crippen LogP contribution in [-0.4, -0.2) is 15.0 Å². The van der Waals surface area contributed by atoms with Crippen LogP contribution in [0.25, 0.3) is 22.5 Å². The zero-order chi connectivity index (χ0) is 11.8. The first kappa shape index (κ1) is 10.1. The molecular formula is C13H13N3O. The van der Waals surface area contributed by atoms with Crippen LogP contribution in [0.4, 0.5) is 0 Å². The molecule has 0 radical (unpaired) electrons. The number of benzene rings is 1. The number of rotatable bonds is 2. The van der Waals surface area contributed by atoms with Crippen molar-refractivity contribution in [3.8, 4) is 11.5 Å². The van der Waals surface area contributed by atoms with Gasteiger partial charge in [0.15, 0.2) is 0 Å². The fourth-order valence-electron chi connectivity index (χ4n) is 2.00. The molecule has 4 heteroatoms. The number of fused-ring (bicyclic) bond motifs is 1. The normalized spacial score (nSPS) is 11.2. The Bertz CT molecular complexity index is 653. The van der Waals surface area contributed by atoms with Crippen molar-refractivity contribution < 1.29 is 4.42 Å². The molecule has 0 atom stereocenters. The fourth-order valence-corrected chi connectivity index (χ4v) is 2.00. The monoisotopic (exact) mass is 227 g/mol. The first-order valence-corrected chi connectivity index (χ1v) is 5.67. The predicted molar refractivity (Wildman–Crippen MR) is 65.7 cm³/mol. The Morgan fingerprint density at radius 1 is 1.35 bits per heavy atom. The lowest BCUT2D eigenvalue weighted by Crippen LogP contribution is -1.82. The minimum atomic E-state index is 0.641. The third-order valence-electron chi connectivity index (χ3n) is 2.84. The van der Waals surface area contributed by atoms with Crippen molar-refractivity contribution in [2.75, 3.05) is 0 Å². The van der Waals surface area contributed by atoms with Crippen LogP contribution in [0.2, 0.25) is 0 Å². The van der Waals surface area contributed by atoms with Crippen molar-refractivity contribution in [2.45, 2.75) is 20.3 Å². The molecule has 0 bridgehead atoms. The van der Waals surface area contributed by atoms with E-state index in [1.807, 2.05) is 6.07 Å². The quantitative estimate of drug-likeness (QED) is 0.731. The van der Waals surface area contributed by atoms with Gasteiger partial charge in [0.05, 0.1) is 17.2 Å². The van der Waals surface area contributed by atoms with E-state index >= 15 is 0 Å². The van der Waals surface area contributed by atoms with Gasteiger partial charge in [-0.05, 0) is 24.6 Å². The minimum absolute atomic E-state index is 0.641. The molecule has 0 saturated heterocycles. The number of H-pyrrole nitrogens is 1. The number of aromatic nitrogens is 3. The van der Waals surface area contributed by atoms with E-state index in [0.717, 1.165) is 34.4 Å². The topological polar surface area (TPSA) is 54.7 Å². The smallest absolute Gasteiger partial charge is 0.225 e. The molecule has 0 spiro atoms. The largest absolute Gasteiger partial charge is 0.445 e. The lowest BCUT2D eigenvalue weighted by Gasteiger charge is -1.99. The number of nitrogens with zero attached hydrogens (tertiary/aromatic N) is 2. The van der Waals surface area contributed by atoms with Crippen molar-refractivity contribution in [2.24, 2.45) is 0 Å². The second kappa shape index (κ2) is 3.73. The number of aryl methyl sites for hydroxylation is 2. The van der Waals surface area contributed by atoms with Crippen molar-refractivity contribution in [3.05, 3.63) is 36.0 Å². The van der Waals surface area contributed by atoms with Crippen LogP contribution in [0.15, 0.2) is 29.0 Å². The maximum Gasteiger partial charge on any atom is 0.225 e. The standard InChI is InChI=1S/C13H13N3O/c1-3-11-15-10-7-9(13-14-4-5-17-13)6-8(2)12(10)16-11/h4-7H,3H2,1-2H3,(H,15,16). The third-order valence-corrected chi connectivity index (χ3v) is 2.84. The van der Waals surface area contributed by atoms with Gasteiger partial charge in [-0.2, -0.15) is 0 Å². The summed E-state index contributed by atoms with van der Waals surface area (Å²) in [5, 5.41) is 0. The summed E-state index contributed by atoms with van der Waals surface area (Å²) in [5.41, 5.74) is 4.17. The molecule has 0 aliphatic heterocycles. The van der Waals surface area contributed by atoms with Gasteiger partial charge in [0.25, 0.3) is 0 Å². The first-order valence-electron chi connectivity index (χ1n) is 5.67. The summed E-state index contributed by atoms with van der Waals surface area (Å²) < 4.78 is 5.31. The molecule has 0 fully saturated rings. The highest BCUT2D eigenvalue weighted by Gasteiger charge is 2.09. The molecule has 0 unspecified atom stereocenters. The van der Waals surface area contributed by atoms with E-state index in [1.54, 1.807) is 12.5 Å². The summed E-state index contributed by atoms with van der Waals surface area (Å²) in [7, 11) is 0. The molecule has 17 heavy (non-hydrogen) atoms. The van der Waals surface area contributed by atoms with Gasteiger partial charge in [-0.25, -0.2) is 9.97 Å². The van der Waals surface area contributed by atoms with Gasteiger partial charge in [0, 0.05) is 12.0 Å². The van der Waals surface area contributed by atoms with Crippen LogP contribution >= 0.6 is 0 Å². The summed E-state index contributed by atoms with van der Waals surface area (Å²) in [6, 6.07) is 4.08. The molecule has 3 rings (SSSR count). The molecule has 3 aromatic rings. The highest BCUT2D eigenvalue weighted by Crippen LogP contribution is 2.25. The predicted octanol–water partition coefficient (Wildman–Crippen LogP) is 3.09. The van der Waals surface area contributed by atoms with Crippen LogP contribution in [0.5, 0.6) is 0 Å². The number of nitrogens with one attached hydrogen (secondary N) is 1. The molecule has 2 aromatic heterocycles. The molecule has 0 aliphatic carbocycles. The fraction of sp³-hybridized carbons (Fsp3) is 0.231. The van der Waals surface area contributed by atoms with Gasteiger partial charge in [0.2, 0.25) is 5.89 Å². The zero-order valence-corrected chi connectivity index (χ0v) is 9.82.